The molecule has 1 atom stereocenters. The van der Waals surface area contributed by atoms with Gasteiger partial charge in [0.15, 0.2) is 11.6 Å². The standard InChI is InChI=1S/C10H12F2O2/c1-2-8(13)6-14-10-4-3-7(11)5-9(10)12/h3-5,8,13H,2,6H2,1H3. The summed E-state index contributed by atoms with van der Waals surface area (Å²) in [6.45, 7) is 1.80. The molecule has 0 saturated carbocycles. The second kappa shape index (κ2) is 4.91. The van der Waals surface area contributed by atoms with Gasteiger partial charge >= 0.3 is 0 Å². The predicted molar refractivity (Wildman–Crippen MR) is 48.2 cm³/mol. The van der Waals surface area contributed by atoms with Gasteiger partial charge in [-0.25, -0.2) is 8.78 Å². The zero-order valence-electron chi connectivity index (χ0n) is 7.84. The van der Waals surface area contributed by atoms with Crippen LogP contribution in [0.2, 0.25) is 0 Å². The average molecular weight is 202 g/mol. The van der Waals surface area contributed by atoms with E-state index in [2.05, 4.69) is 0 Å². The van der Waals surface area contributed by atoms with Gasteiger partial charge in [-0.3, -0.25) is 0 Å². The highest BCUT2D eigenvalue weighted by molar-refractivity contribution is 5.24. The second-order valence-electron chi connectivity index (χ2n) is 2.95. The lowest BCUT2D eigenvalue weighted by Crippen LogP contribution is -2.16. The van der Waals surface area contributed by atoms with Gasteiger partial charge in [0.2, 0.25) is 0 Å². The van der Waals surface area contributed by atoms with Gasteiger partial charge in [-0.1, -0.05) is 6.92 Å². The first-order valence-electron chi connectivity index (χ1n) is 4.39. The topological polar surface area (TPSA) is 29.5 Å². The Hall–Kier alpha value is -1.16. The Morgan fingerprint density at radius 3 is 2.71 bits per heavy atom. The number of aliphatic hydroxyl groups is 1. The zero-order valence-corrected chi connectivity index (χ0v) is 7.84. The number of hydrogen-bond acceptors (Lipinski definition) is 2. The van der Waals surface area contributed by atoms with Crippen LogP contribution in [0.1, 0.15) is 13.3 Å². The van der Waals surface area contributed by atoms with E-state index in [9.17, 15) is 8.78 Å². The maximum atomic E-state index is 13.0. The molecule has 0 bridgehead atoms. The highest BCUT2D eigenvalue weighted by atomic mass is 19.1. The Bertz CT molecular complexity index is 302. The van der Waals surface area contributed by atoms with E-state index in [1.165, 1.54) is 6.07 Å². The molecule has 78 valence electrons. The highest BCUT2D eigenvalue weighted by Crippen LogP contribution is 2.17. The predicted octanol–water partition coefficient (Wildman–Crippen LogP) is 2.11. The summed E-state index contributed by atoms with van der Waals surface area (Å²) in [7, 11) is 0. The van der Waals surface area contributed by atoms with Crippen LogP contribution in [0, 0.1) is 11.6 Å². The van der Waals surface area contributed by atoms with Gasteiger partial charge in [-0.2, -0.15) is 0 Å². The highest BCUT2D eigenvalue weighted by Gasteiger charge is 2.07. The van der Waals surface area contributed by atoms with E-state index in [1.54, 1.807) is 6.92 Å². The van der Waals surface area contributed by atoms with Crippen LogP contribution in [0.15, 0.2) is 18.2 Å². The molecule has 0 aliphatic rings. The third kappa shape index (κ3) is 2.96. The third-order valence-electron chi connectivity index (χ3n) is 1.80. The Balaban J connectivity index is 2.59. The maximum absolute atomic E-state index is 13.0. The molecule has 4 heteroatoms. The molecule has 0 amide bonds. The van der Waals surface area contributed by atoms with Gasteiger partial charge in [-0.05, 0) is 18.6 Å². The van der Waals surface area contributed by atoms with Crippen molar-refractivity contribution in [1.29, 1.82) is 0 Å². The van der Waals surface area contributed by atoms with Crippen LogP contribution in [0.3, 0.4) is 0 Å². The molecule has 1 unspecified atom stereocenters. The molecule has 0 aromatic heterocycles. The van der Waals surface area contributed by atoms with Gasteiger partial charge < -0.3 is 9.84 Å². The van der Waals surface area contributed by atoms with E-state index in [-0.39, 0.29) is 12.4 Å². The van der Waals surface area contributed by atoms with Crippen LogP contribution in [0.5, 0.6) is 5.75 Å². The largest absolute Gasteiger partial charge is 0.488 e. The lowest BCUT2D eigenvalue weighted by molar-refractivity contribution is 0.102. The van der Waals surface area contributed by atoms with Gasteiger partial charge in [-0.15, -0.1) is 0 Å². The lowest BCUT2D eigenvalue weighted by Gasteiger charge is -2.10. The summed E-state index contributed by atoms with van der Waals surface area (Å²) in [6, 6.07) is 3.05. The van der Waals surface area contributed by atoms with E-state index in [0.717, 1.165) is 12.1 Å². The summed E-state index contributed by atoms with van der Waals surface area (Å²) >= 11 is 0. The van der Waals surface area contributed by atoms with Crippen molar-refractivity contribution >= 4 is 0 Å². The number of rotatable bonds is 4. The lowest BCUT2D eigenvalue weighted by atomic mass is 10.3. The molecule has 0 heterocycles. The van der Waals surface area contributed by atoms with Crippen molar-refractivity contribution in [3.63, 3.8) is 0 Å². The molecular formula is C10H12F2O2. The van der Waals surface area contributed by atoms with E-state index in [0.29, 0.717) is 6.42 Å². The average Bonchev–Trinajstić information content (AvgIpc) is 2.16. The first kappa shape index (κ1) is 10.9. The van der Waals surface area contributed by atoms with Crippen LogP contribution < -0.4 is 4.74 Å². The molecule has 0 fully saturated rings. The molecule has 0 aliphatic carbocycles. The molecule has 0 saturated heterocycles. The van der Waals surface area contributed by atoms with Crippen molar-refractivity contribution < 1.29 is 18.6 Å². The molecule has 2 nitrogen and oxygen atoms in total. The Morgan fingerprint density at radius 2 is 2.14 bits per heavy atom. The van der Waals surface area contributed by atoms with Crippen LogP contribution >= 0.6 is 0 Å². The summed E-state index contributed by atoms with van der Waals surface area (Å²) in [6.07, 6.45) is -0.0949. The second-order valence-corrected chi connectivity index (χ2v) is 2.95. The Labute approximate surface area is 81.1 Å². The first-order valence-corrected chi connectivity index (χ1v) is 4.39. The van der Waals surface area contributed by atoms with Gasteiger partial charge in [0.05, 0.1) is 6.10 Å². The number of benzene rings is 1. The summed E-state index contributed by atoms with van der Waals surface area (Å²) in [5.41, 5.74) is 0. The quantitative estimate of drug-likeness (QED) is 0.810. The summed E-state index contributed by atoms with van der Waals surface area (Å²) < 4.78 is 30.4. The summed E-state index contributed by atoms with van der Waals surface area (Å²) in [4.78, 5) is 0. The minimum absolute atomic E-state index is 0.0129. The molecule has 0 spiro atoms. The van der Waals surface area contributed by atoms with Crippen LogP contribution in [-0.4, -0.2) is 17.8 Å². The number of halogens is 2. The smallest absolute Gasteiger partial charge is 0.167 e. The fourth-order valence-corrected chi connectivity index (χ4v) is 0.896. The summed E-state index contributed by atoms with van der Waals surface area (Å²) in [5, 5.41) is 9.14. The third-order valence-corrected chi connectivity index (χ3v) is 1.80. The number of hydrogen-bond donors (Lipinski definition) is 1. The fourth-order valence-electron chi connectivity index (χ4n) is 0.896. The molecule has 0 aliphatic heterocycles. The van der Waals surface area contributed by atoms with E-state index < -0.39 is 17.7 Å². The van der Waals surface area contributed by atoms with Crippen molar-refractivity contribution in [2.75, 3.05) is 6.61 Å². The molecule has 14 heavy (non-hydrogen) atoms. The number of ether oxygens (including phenoxy) is 1. The van der Waals surface area contributed by atoms with Gasteiger partial charge in [0.25, 0.3) is 0 Å². The van der Waals surface area contributed by atoms with Crippen molar-refractivity contribution in [3.8, 4) is 5.75 Å². The minimum Gasteiger partial charge on any atom is -0.488 e. The monoisotopic (exact) mass is 202 g/mol. The maximum Gasteiger partial charge on any atom is 0.167 e. The van der Waals surface area contributed by atoms with Gasteiger partial charge in [0, 0.05) is 6.07 Å². The first-order chi connectivity index (χ1) is 6.63. The minimum atomic E-state index is -0.756. The van der Waals surface area contributed by atoms with E-state index >= 15 is 0 Å². The zero-order chi connectivity index (χ0) is 10.6. The fraction of sp³-hybridized carbons (Fsp3) is 0.400. The van der Waals surface area contributed by atoms with Crippen molar-refractivity contribution in [2.24, 2.45) is 0 Å². The van der Waals surface area contributed by atoms with Crippen LogP contribution in [0.4, 0.5) is 8.78 Å². The van der Waals surface area contributed by atoms with E-state index in [4.69, 9.17) is 9.84 Å². The number of aliphatic hydroxyl groups excluding tert-OH is 1. The molecule has 1 aromatic carbocycles. The Morgan fingerprint density at radius 1 is 1.43 bits per heavy atom. The van der Waals surface area contributed by atoms with Crippen LogP contribution in [-0.2, 0) is 0 Å². The molecule has 1 aromatic rings. The molecule has 1 rings (SSSR count). The summed E-state index contributed by atoms with van der Waals surface area (Å²) in [5.74, 6) is -1.45. The molecule has 1 N–H and O–H groups in total. The van der Waals surface area contributed by atoms with Crippen molar-refractivity contribution in [1.82, 2.24) is 0 Å². The van der Waals surface area contributed by atoms with Crippen molar-refractivity contribution in [3.05, 3.63) is 29.8 Å². The molecular weight excluding hydrogens is 190 g/mol. The Kier molecular flexibility index (Phi) is 3.83. The normalized spacial score (nSPS) is 12.6. The van der Waals surface area contributed by atoms with Gasteiger partial charge in [0.1, 0.15) is 12.4 Å². The van der Waals surface area contributed by atoms with Crippen LogP contribution in [0.25, 0.3) is 0 Å². The van der Waals surface area contributed by atoms with E-state index in [1.807, 2.05) is 0 Å². The molecule has 0 radical (unpaired) electrons. The SMILES string of the molecule is CCC(O)COc1ccc(F)cc1F. The van der Waals surface area contributed by atoms with Crippen molar-refractivity contribution in [2.45, 2.75) is 19.4 Å².